The average molecular weight is 106 g/mol. The highest BCUT2D eigenvalue weighted by Gasteiger charge is 2.22. The van der Waals surface area contributed by atoms with Gasteiger partial charge in [0.25, 0.3) is 0 Å². The fourth-order valence-corrected chi connectivity index (χ4v) is 0.0514. The van der Waals surface area contributed by atoms with Crippen LogP contribution in [-0.2, 0) is 9.59 Å². The van der Waals surface area contributed by atoms with Gasteiger partial charge in [-0.25, -0.2) is 0 Å². The summed E-state index contributed by atoms with van der Waals surface area (Å²) in [5.41, 5.74) is -1.67. The third kappa shape index (κ3) is 2.02. The molecule has 0 N–H and O–H groups in total. The van der Waals surface area contributed by atoms with E-state index in [1.807, 2.05) is 0 Å². The fourth-order valence-electron chi connectivity index (χ4n) is 0.0514. The van der Waals surface area contributed by atoms with Gasteiger partial charge in [0, 0.05) is 0 Å². The molecule has 0 aliphatic rings. The molecule has 0 spiro atoms. The van der Waals surface area contributed by atoms with Crippen LogP contribution in [0.25, 0.3) is 0 Å². The number of carbonyl (C=O) groups is 2. The minimum Gasteiger partial charge on any atom is -0.295 e. The monoisotopic (exact) mass is 106 g/mol. The van der Waals surface area contributed by atoms with Crippen molar-refractivity contribution in [1.82, 2.24) is 0 Å². The summed E-state index contributed by atoms with van der Waals surface area (Å²) in [6, 6.07) is 0. The fraction of sp³-hybridized carbons (Fsp3) is 0. The van der Waals surface area contributed by atoms with E-state index in [1.165, 1.54) is 0 Å². The molecule has 0 unspecified atom stereocenters. The molecule has 0 saturated heterocycles. The smallest absolute Gasteiger partial charge is 0.295 e. The highest BCUT2D eigenvalue weighted by Crippen LogP contribution is 1.82. The van der Waals surface area contributed by atoms with Crippen molar-refractivity contribution < 1.29 is 18.2 Å². The molecule has 7 heavy (non-hydrogen) atoms. The maximum atomic E-state index is 10.8. The van der Waals surface area contributed by atoms with Gasteiger partial charge < -0.3 is 0 Å². The number of hydrogen-bond acceptors (Lipinski definition) is 2. The van der Waals surface area contributed by atoms with E-state index in [4.69, 9.17) is 4.79 Å². The Hall–Kier alpha value is -0.735. The van der Waals surface area contributed by atoms with E-state index in [1.54, 1.807) is 0 Å². The molecule has 0 aromatic heterocycles. The van der Waals surface area contributed by atoms with Crippen LogP contribution in [0.1, 0.15) is 0 Å². The first-order chi connectivity index (χ1) is 3.18. The van der Waals surface area contributed by atoms with Crippen molar-refractivity contribution in [3.05, 3.63) is 0 Å². The Bertz CT molecular complexity index is 91.7. The quantitative estimate of drug-likeness (QED) is 0.275. The molecule has 0 rings (SSSR count). The zero-order valence-corrected chi connectivity index (χ0v) is 3.23. The van der Waals surface area contributed by atoms with E-state index in [2.05, 4.69) is 0 Å². The largest absolute Gasteiger partial charge is 0.617 e. The second-order valence-electron chi connectivity index (χ2n) is 0.821. The van der Waals surface area contributed by atoms with Crippen molar-refractivity contribution in [2.45, 2.75) is 0 Å². The van der Waals surface area contributed by atoms with Crippen LogP contribution in [0.3, 0.4) is 0 Å². The van der Waals surface area contributed by atoms with Crippen LogP contribution in [0.15, 0.2) is 0 Å². The van der Waals surface area contributed by atoms with Gasteiger partial charge in [-0.15, -0.1) is 0 Å². The molecule has 0 amide bonds. The van der Waals surface area contributed by atoms with Crippen molar-refractivity contribution >= 4 is 19.2 Å². The molecule has 0 radical (unpaired) electrons. The van der Waals surface area contributed by atoms with Crippen molar-refractivity contribution in [2.75, 3.05) is 0 Å². The molecule has 0 aliphatic carbocycles. The van der Waals surface area contributed by atoms with Crippen LogP contribution in [0.4, 0.5) is 8.63 Å². The number of aldehydes is 1. The Labute approximate surface area is 38.7 Å². The van der Waals surface area contributed by atoms with Crippen LogP contribution in [0.2, 0.25) is 0 Å². The SMILES string of the molecule is O=CC(=O)B(F)F. The van der Waals surface area contributed by atoms with Gasteiger partial charge in [0.2, 0.25) is 5.68 Å². The maximum Gasteiger partial charge on any atom is 0.617 e. The van der Waals surface area contributed by atoms with Gasteiger partial charge in [-0.3, -0.25) is 18.2 Å². The zero-order chi connectivity index (χ0) is 5.86. The van der Waals surface area contributed by atoms with Gasteiger partial charge >= 0.3 is 7.27 Å². The molecule has 0 aromatic carbocycles. The predicted octanol–water partition coefficient (Wildman–Crippen LogP) is -0.279. The van der Waals surface area contributed by atoms with E-state index in [-0.39, 0.29) is 0 Å². The zero-order valence-electron chi connectivity index (χ0n) is 3.23. The predicted molar refractivity (Wildman–Crippen MR) is 19.0 cm³/mol. The highest BCUT2D eigenvalue weighted by atomic mass is 19.2. The first-order valence-electron chi connectivity index (χ1n) is 1.45. The molecule has 0 bridgehead atoms. The first kappa shape index (κ1) is 6.26. The Morgan fingerprint density at radius 3 is 2.00 bits per heavy atom. The van der Waals surface area contributed by atoms with Crippen LogP contribution >= 0.6 is 0 Å². The maximum absolute atomic E-state index is 10.8. The van der Waals surface area contributed by atoms with Crippen molar-refractivity contribution in [3.63, 3.8) is 0 Å². The molecule has 38 valence electrons. The van der Waals surface area contributed by atoms with Gasteiger partial charge in [0.1, 0.15) is 0 Å². The van der Waals surface area contributed by atoms with Gasteiger partial charge in [-0.2, -0.15) is 0 Å². The highest BCUT2D eigenvalue weighted by molar-refractivity contribution is 6.89. The third-order valence-corrected chi connectivity index (χ3v) is 0.331. The standard InChI is InChI=1S/C2HBF2O2/c4-3(5)2(7)1-6/h1H. The first-order valence-corrected chi connectivity index (χ1v) is 1.45. The summed E-state index contributed by atoms with van der Waals surface area (Å²) >= 11 is 0. The molecule has 5 heteroatoms. The number of halogens is 2. The molecular weight excluding hydrogens is 105 g/mol. The number of hydrogen-bond donors (Lipinski definition) is 0. The van der Waals surface area contributed by atoms with E-state index >= 15 is 0 Å². The summed E-state index contributed by atoms with van der Waals surface area (Å²) in [5, 5.41) is 0. The van der Waals surface area contributed by atoms with Crippen molar-refractivity contribution in [3.8, 4) is 0 Å². The van der Waals surface area contributed by atoms with Gasteiger partial charge in [0.15, 0.2) is 6.29 Å². The Kier molecular flexibility index (Phi) is 2.18. The molecule has 0 aliphatic heterocycles. The lowest BCUT2D eigenvalue weighted by atomic mass is 9.93. The molecule has 0 fully saturated rings. The third-order valence-electron chi connectivity index (χ3n) is 0.331. The van der Waals surface area contributed by atoms with Crippen LogP contribution in [0.5, 0.6) is 0 Å². The summed E-state index contributed by atoms with van der Waals surface area (Å²) in [5.74, 6) is 0. The Morgan fingerprint density at radius 1 is 1.57 bits per heavy atom. The van der Waals surface area contributed by atoms with Crippen molar-refractivity contribution in [1.29, 1.82) is 0 Å². The van der Waals surface area contributed by atoms with Gasteiger partial charge in [-0.1, -0.05) is 0 Å². The molecule has 2 nitrogen and oxygen atoms in total. The van der Waals surface area contributed by atoms with E-state index < -0.39 is 19.2 Å². The Morgan fingerprint density at radius 2 is 2.00 bits per heavy atom. The normalized spacial score (nSPS) is 7.71. The summed E-state index contributed by atoms with van der Waals surface area (Å²) in [7, 11) is -3.14. The molecule has 0 heterocycles. The molecule has 0 atom stereocenters. The summed E-state index contributed by atoms with van der Waals surface area (Å²) in [6.45, 7) is 0. The lowest BCUT2D eigenvalue weighted by molar-refractivity contribution is -0.125. The van der Waals surface area contributed by atoms with E-state index in [0.717, 1.165) is 0 Å². The van der Waals surface area contributed by atoms with Gasteiger partial charge in [0.05, 0.1) is 0 Å². The summed E-state index contributed by atoms with van der Waals surface area (Å²) < 4.78 is 21.7. The molecular formula is C2HBF2O2. The number of carbonyl (C=O) groups excluding carboxylic acids is 2. The van der Waals surface area contributed by atoms with Gasteiger partial charge in [-0.05, 0) is 0 Å². The lowest BCUT2D eigenvalue weighted by Crippen LogP contribution is -2.15. The summed E-state index contributed by atoms with van der Waals surface area (Å²) in [4.78, 5) is 18.5. The van der Waals surface area contributed by atoms with Crippen LogP contribution < -0.4 is 0 Å². The Balaban J connectivity index is 3.56. The molecule has 0 aromatic rings. The second kappa shape index (κ2) is 2.44. The number of rotatable bonds is 2. The van der Waals surface area contributed by atoms with E-state index in [9.17, 15) is 13.4 Å². The summed E-state index contributed by atoms with van der Waals surface area (Å²) in [6.07, 6.45) is -0.398. The van der Waals surface area contributed by atoms with Crippen LogP contribution in [0, 0.1) is 0 Å². The van der Waals surface area contributed by atoms with Crippen molar-refractivity contribution in [2.24, 2.45) is 0 Å². The van der Waals surface area contributed by atoms with Crippen LogP contribution in [-0.4, -0.2) is 19.2 Å². The minimum absolute atomic E-state index is 0.398. The topological polar surface area (TPSA) is 34.1 Å². The van der Waals surface area contributed by atoms with E-state index in [0.29, 0.717) is 0 Å². The lowest BCUT2D eigenvalue weighted by Gasteiger charge is -1.74. The second-order valence-corrected chi connectivity index (χ2v) is 0.821. The molecule has 0 saturated carbocycles. The average Bonchev–Trinajstić information content (AvgIpc) is 1.65. The minimum atomic E-state index is -3.14.